The number of carbonyl (C=O) groups excluding carboxylic acids is 1. The number of rotatable bonds is 6. The first-order valence-electron chi connectivity index (χ1n) is 17.8. The number of para-hydroxylation sites is 1. The van der Waals surface area contributed by atoms with E-state index in [1.54, 1.807) is 0 Å². The molecule has 2 aromatic heterocycles. The zero-order chi connectivity index (χ0) is 30.8. The Labute approximate surface area is 267 Å². The van der Waals surface area contributed by atoms with E-state index < -0.39 is 0 Å². The summed E-state index contributed by atoms with van der Waals surface area (Å²) in [6.07, 6.45) is 12.6. The van der Waals surface area contributed by atoms with Crippen LogP contribution in [-0.4, -0.2) is 85.9 Å². The lowest BCUT2D eigenvalue weighted by Gasteiger charge is -2.39. The van der Waals surface area contributed by atoms with Gasteiger partial charge in [-0.05, 0) is 86.1 Å². The molecule has 2 saturated heterocycles. The number of aromatic nitrogens is 2. The summed E-state index contributed by atoms with van der Waals surface area (Å²) >= 11 is 0. The molecule has 6 atom stereocenters. The average Bonchev–Trinajstić information content (AvgIpc) is 3.89. The summed E-state index contributed by atoms with van der Waals surface area (Å²) < 4.78 is 4.35. The third-order valence-corrected chi connectivity index (χ3v) is 12.8. The second-order valence-corrected chi connectivity index (χ2v) is 15.1. The highest BCUT2D eigenvalue weighted by atomic mass is 16.3. The van der Waals surface area contributed by atoms with Gasteiger partial charge in [-0.15, -0.1) is 0 Å². The lowest BCUT2D eigenvalue weighted by Crippen LogP contribution is -2.48. The summed E-state index contributed by atoms with van der Waals surface area (Å²) in [6.45, 7) is 7.97. The Kier molecular flexibility index (Phi) is 7.54. The Balaban J connectivity index is 0.951. The van der Waals surface area contributed by atoms with Crippen molar-refractivity contribution in [1.82, 2.24) is 23.8 Å². The van der Waals surface area contributed by atoms with Crippen molar-refractivity contribution in [3.8, 4) is 11.8 Å². The van der Waals surface area contributed by atoms with Crippen molar-refractivity contribution in [1.29, 1.82) is 0 Å². The van der Waals surface area contributed by atoms with Crippen LogP contribution in [0.4, 0.5) is 4.79 Å². The second kappa shape index (κ2) is 11.6. The molecule has 1 aromatic carbocycles. The maximum Gasteiger partial charge on any atom is 0.320 e. The Morgan fingerprint density at radius 2 is 1.51 bits per heavy atom. The molecular formula is C37H51N5O3. The molecule has 5 aliphatic rings. The number of aromatic hydroxyl groups is 2. The third kappa shape index (κ3) is 4.85. The summed E-state index contributed by atoms with van der Waals surface area (Å²) in [5, 5.41) is 24.6. The fourth-order valence-electron chi connectivity index (χ4n) is 10.5. The van der Waals surface area contributed by atoms with Crippen molar-refractivity contribution >= 4 is 16.9 Å². The zero-order valence-corrected chi connectivity index (χ0v) is 27.2. The van der Waals surface area contributed by atoms with Crippen molar-refractivity contribution in [2.75, 3.05) is 39.8 Å². The molecule has 8 nitrogen and oxygen atoms in total. The molecule has 2 bridgehead atoms. The molecule has 2 N–H and O–H groups in total. The largest absolute Gasteiger partial charge is 0.494 e. The van der Waals surface area contributed by atoms with Gasteiger partial charge in [-0.25, -0.2) is 4.79 Å². The fraction of sp³-hybridized carbons (Fsp3) is 0.649. The van der Waals surface area contributed by atoms with Crippen LogP contribution in [0.5, 0.6) is 11.8 Å². The Hall–Kier alpha value is -3.13. The number of hydrogen-bond donors (Lipinski definition) is 2. The van der Waals surface area contributed by atoms with Gasteiger partial charge in [0.25, 0.3) is 0 Å². The van der Waals surface area contributed by atoms with E-state index in [4.69, 9.17) is 0 Å². The van der Waals surface area contributed by atoms with Crippen LogP contribution in [0, 0.1) is 17.8 Å². The predicted molar refractivity (Wildman–Crippen MR) is 177 cm³/mol. The number of amides is 2. The van der Waals surface area contributed by atoms with Crippen LogP contribution in [0.25, 0.3) is 10.9 Å². The van der Waals surface area contributed by atoms with Crippen LogP contribution < -0.4 is 0 Å². The highest BCUT2D eigenvalue weighted by Gasteiger charge is 2.56. The van der Waals surface area contributed by atoms with Crippen LogP contribution in [0.15, 0.2) is 36.5 Å². The molecule has 0 spiro atoms. The molecule has 45 heavy (non-hydrogen) atoms. The van der Waals surface area contributed by atoms with E-state index in [1.165, 1.54) is 43.0 Å². The van der Waals surface area contributed by atoms with Gasteiger partial charge < -0.3 is 29.5 Å². The Morgan fingerprint density at radius 3 is 2.24 bits per heavy atom. The molecule has 2 saturated carbocycles. The molecule has 2 aliphatic heterocycles. The molecule has 3 aliphatic carbocycles. The minimum absolute atomic E-state index is 0.0617. The van der Waals surface area contributed by atoms with E-state index in [2.05, 4.69) is 52.9 Å². The number of hydrogen-bond acceptors (Lipinski definition) is 4. The topological polar surface area (TPSA) is 77.1 Å². The Morgan fingerprint density at radius 1 is 0.844 bits per heavy atom. The van der Waals surface area contributed by atoms with E-state index in [0.29, 0.717) is 24.4 Å². The highest BCUT2D eigenvalue weighted by molar-refractivity contribution is 5.80. The predicted octanol–water partition coefficient (Wildman–Crippen LogP) is 6.73. The van der Waals surface area contributed by atoms with Gasteiger partial charge in [-0.3, -0.25) is 4.57 Å². The van der Waals surface area contributed by atoms with Gasteiger partial charge >= 0.3 is 6.03 Å². The minimum atomic E-state index is 0.0617. The smallest absolute Gasteiger partial charge is 0.320 e. The minimum Gasteiger partial charge on any atom is -0.494 e. The lowest BCUT2D eigenvalue weighted by molar-refractivity contribution is 0.109. The van der Waals surface area contributed by atoms with Crippen LogP contribution in [0.3, 0.4) is 0 Å². The second-order valence-electron chi connectivity index (χ2n) is 15.1. The first-order chi connectivity index (χ1) is 21.9. The number of fused-ring (bicyclic) bond motifs is 6. The van der Waals surface area contributed by atoms with Crippen molar-refractivity contribution in [3.05, 3.63) is 47.7 Å². The summed E-state index contributed by atoms with van der Waals surface area (Å²) in [7, 11) is 1.95. The molecular weight excluding hydrogens is 562 g/mol. The SMILES string of the molecule is CC1C2CC(c3c2c(O)n(C[C@@H]2CCCC[C@H]2CN2CCC(n4ccc5ccccc54)CC2)c3O)C1N(C)C(=O)N1CCCC1. The van der Waals surface area contributed by atoms with Crippen LogP contribution in [-0.2, 0) is 6.54 Å². The standard InChI is InChI=1S/C37H51N5O3/c1-24-29-21-30(34(24)38(2)37(45)40-16-7-8-17-40)33-32(29)35(43)42(36(33)44)23-27-11-4-3-10-26(27)22-39-18-14-28(15-19-39)41-20-13-25-9-5-6-12-31(25)41/h5-6,9,12-13,20,24,26-30,34,43-44H,3-4,7-8,10-11,14-19,21-23H2,1-2H3/t24?,26-,27-,29?,30?,34?/m0/s1. The molecule has 3 aromatic rings. The quantitative estimate of drug-likeness (QED) is 0.323. The number of urea groups is 1. The number of benzene rings is 1. The van der Waals surface area contributed by atoms with E-state index in [0.717, 1.165) is 69.5 Å². The first kappa shape index (κ1) is 29.3. The molecule has 4 unspecified atom stereocenters. The number of likely N-dealkylation sites (N-methyl/N-ethyl adjacent to an activating group) is 1. The van der Waals surface area contributed by atoms with Gasteiger partial charge in [0.1, 0.15) is 0 Å². The van der Waals surface area contributed by atoms with Gasteiger partial charge in [0, 0.05) is 87.2 Å². The number of likely N-dealkylation sites (tertiary alicyclic amines) is 2. The normalized spacial score (nSPS) is 30.4. The maximum absolute atomic E-state index is 13.3. The molecule has 2 amide bonds. The van der Waals surface area contributed by atoms with E-state index in [9.17, 15) is 15.0 Å². The van der Waals surface area contributed by atoms with Crippen molar-refractivity contribution in [2.24, 2.45) is 17.8 Å². The van der Waals surface area contributed by atoms with E-state index in [-0.39, 0.29) is 41.6 Å². The van der Waals surface area contributed by atoms with Gasteiger partial charge in [-0.1, -0.05) is 38.0 Å². The summed E-state index contributed by atoms with van der Waals surface area (Å²) in [5.74, 6) is 2.11. The highest BCUT2D eigenvalue weighted by Crippen LogP contribution is 2.63. The Bertz CT molecular complexity index is 1550. The van der Waals surface area contributed by atoms with Gasteiger partial charge in [0.05, 0.1) is 0 Å². The van der Waals surface area contributed by atoms with Gasteiger partial charge in [0.15, 0.2) is 11.8 Å². The van der Waals surface area contributed by atoms with Gasteiger partial charge in [0.2, 0.25) is 0 Å². The number of carbonyl (C=O) groups is 1. The summed E-state index contributed by atoms with van der Waals surface area (Å²) in [6, 6.07) is 11.7. The summed E-state index contributed by atoms with van der Waals surface area (Å²) in [5.41, 5.74) is 3.24. The molecule has 242 valence electrons. The van der Waals surface area contributed by atoms with Crippen molar-refractivity contribution in [3.63, 3.8) is 0 Å². The average molecular weight is 614 g/mol. The monoisotopic (exact) mass is 613 g/mol. The van der Waals surface area contributed by atoms with Crippen LogP contribution in [0.2, 0.25) is 0 Å². The third-order valence-electron chi connectivity index (χ3n) is 12.8. The van der Waals surface area contributed by atoms with Crippen LogP contribution >= 0.6 is 0 Å². The zero-order valence-electron chi connectivity index (χ0n) is 27.2. The van der Waals surface area contributed by atoms with Crippen LogP contribution in [0.1, 0.15) is 93.7 Å². The molecule has 8 heteroatoms. The van der Waals surface area contributed by atoms with Crippen molar-refractivity contribution in [2.45, 2.75) is 95.2 Å². The molecule has 0 radical (unpaired) electrons. The molecule has 4 heterocycles. The fourth-order valence-corrected chi connectivity index (χ4v) is 10.5. The molecule has 4 fully saturated rings. The number of piperidine rings is 1. The molecule has 8 rings (SSSR count). The summed E-state index contributed by atoms with van der Waals surface area (Å²) in [4.78, 5) is 20.0. The lowest BCUT2D eigenvalue weighted by atomic mass is 9.78. The number of nitrogens with zero attached hydrogens (tertiary/aromatic N) is 5. The maximum atomic E-state index is 13.3. The van der Waals surface area contributed by atoms with E-state index >= 15 is 0 Å². The van der Waals surface area contributed by atoms with E-state index in [1.807, 2.05) is 21.4 Å². The van der Waals surface area contributed by atoms with Crippen molar-refractivity contribution < 1.29 is 15.0 Å². The van der Waals surface area contributed by atoms with Gasteiger partial charge in [-0.2, -0.15) is 0 Å². The first-order valence-corrected chi connectivity index (χ1v) is 17.8.